The molecule has 0 bridgehead atoms. The molecule has 0 N–H and O–H groups in total. The van der Waals surface area contributed by atoms with Crippen LogP contribution in [0, 0.1) is 37.1 Å². The van der Waals surface area contributed by atoms with Crippen molar-refractivity contribution < 1.29 is 22.4 Å². The van der Waals surface area contributed by atoms with Crippen molar-refractivity contribution in [3.05, 3.63) is 64.2 Å². The third-order valence-corrected chi connectivity index (χ3v) is 4.82. The van der Waals surface area contributed by atoms with Crippen LogP contribution in [0.2, 0.25) is 0 Å². The monoisotopic (exact) mass is 366 g/mol. The van der Waals surface area contributed by atoms with Gasteiger partial charge in [-0.05, 0) is 37.1 Å². The highest BCUT2D eigenvalue weighted by Crippen LogP contribution is 2.25. The predicted molar refractivity (Wildman–Crippen MR) is 90.3 cm³/mol. The SMILES string of the molecule is Cc1cccc(N2CCN(C(=O)c3cc(F)c(F)c(F)c3F)CC2)c1C. The standard InChI is InChI=1S/C19H18F4N2O/c1-11-4-3-5-15(12(11)2)24-6-8-25(9-7-24)19(26)13-10-14(20)17(22)18(23)16(13)21/h3-5,10H,6-9H2,1-2H3. The minimum absolute atomic E-state index is 0.270. The van der Waals surface area contributed by atoms with Gasteiger partial charge < -0.3 is 9.80 Å². The van der Waals surface area contributed by atoms with Gasteiger partial charge in [-0.1, -0.05) is 12.1 Å². The number of rotatable bonds is 2. The molecule has 138 valence electrons. The van der Waals surface area contributed by atoms with Gasteiger partial charge >= 0.3 is 0 Å². The van der Waals surface area contributed by atoms with E-state index in [0.717, 1.165) is 16.8 Å². The Morgan fingerprint density at radius 3 is 2.23 bits per heavy atom. The highest BCUT2D eigenvalue weighted by atomic mass is 19.2. The predicted octanol–water partition coefficient (Wildman–Crippen LogP) is 3.82. The van der Waals surface area contributed by atoms with E-state index < -0.39 is 34.7 Å². The fourth-order valence-corrected chi connectivity index (χ4v) is 3.13. The summed E-state index contributed by atoms with van der Waals surface area (Å²) in [5, 5.41) is 0. The van der Waals surface area contributed by atoms with Crippen LogP contribution in [0.1, 0.15) is 21.5 Å². The number of carbonyl (C=O) groups is 1. The van der Waals surface area contributed by atoms with Crippen LogP contribution in [0.25, 0.3) is 0 Å². The Bertz CT molecular complexity index is 861. The molecular weight excluding hydrogens is 348 g/mol. The Kier molecular flexibility index (Phi) is 4.89. The van der Waals surface area contributed by atoms with E-state index in [-0.39, 0.29) is 13.1 Å². The van der Waals surface area contributed by atoms with Gasteiger partial charge in [-0.15, -0.1) is 0 Å². The summed E-state index contributed by atoms with van der Waals surface area (Å²) in [6.07, 6.45) is 0. The number of benzene rings is 2. The first-order valence-corrected chi connectivity index (χ1v) is 8.24. The number of carbonyl (C=O) groups excluding carboxylic acids is 1. The maximum Gasteiger partial charge on any atom is 0.257 e. The number of amides is 1. The minimum atomic E-state index is -1.97. The average molecular weight is 366 g/mol. The number of aryl methyl sites for hydroxylation is 1. The summed E-state index contributed by atoms with van der Waals surface area (Å²) in [6.45, 7) is 5.58. The Hall–Kier alpha value is -2.57. The van der Waals surface area contributed by atoms with Crippen molar-refractivity contribution in [3.8, 4) is 0 Å². The third kappa shape index (κ3) is 3.13. The van der Waals surface area contributed by atoms with Crippen molar-refractivity contribution in [2.45, 2.75) is 13.8 Å². The third-order valence-electron chi connectivity index (χ3n) is 4.82. The number of nitrogens with zero attached hydrogens (tertiary/aromatic N) is 2. The second-order valence-corrected chi connectivity index (χ2v) is 6.35. The van der Waals surface area contributed by atoms with Gasteiger partial charge in [0.2, 0.25) is 0 Å². The molecule has 1 amide bonds. The smallest absolute Gasteiger partial charge is 0.257 e. The van der Waals surface area contributed by atoms with Crippen molar-refractivity contribution in [1.82, 2.24) is 4.90 Å². The van der Waals surface area contributed by atoms with Gasteiger partial charge in [-0.25, -0.2) is 17.6 Å². The Labute approximate surface area is 148 Å². The van der Waals surface area contributed by atoms with Gasteiger partial charge in [0, 0.05) is 31.9 Å². The quantitative estimate of drug-likeness (QED) is 0.458. The fourth-order valence-electron chi connectivity index (χ4n) is 3.13. The normalized spacial score (nSPS) is 14.7. The lowest BCUT2D eigenvalue weighted by molar-refractivity contribution is 0.0739. The first kappa shape index (κ1) is 18.2. The molecule has 1 aliphatic rings. The zero-order valence-corrected chi connectivity index (χ0v) is 14.5. The highest BCUT2D eigenvalue weighted by molar-refractivity contribution is 5.94. The second kappa shape index (κ2) is 6.97. The van der Waals surface area contributed by atoms with Crippen molar-refractivity contribution in [2.75, 3.05) is 31.1 Å². The largest absolute Gasteiger partial charge is 0.368 e. The van der Waals surface area contributed by atoms with E-state index >= 15 is 0 Å². The van der Waals surface area contributed by atoms with Gasteiger partial charge in [0.15, 0.2) is 23.3 Å². The van der Waals surface area contributed by atoms with E-state index in [2.05, 4.69) is 4.90 Å². The molecular formula is C19H18F4N2O. The lowest BCUT2D eigenvalue weighted by Gasteiger charge is -2.37. The zero-order valence-electron chi connectivity index (χ0n) is 14.5. The Balaban J connectivity index is 1.76. The van der Waals surface area contributed by atoms with Crippen LogP contribution in [-0.2, 0) is 0 Å². The molecule has 2 aromatic rings. The van der Waals surface area contributed by atoms with Gasteiger partial charge in [0.1, 0.15) is 0 Å². The van der Waals surface area contributed by atoms with Gasteiger partial charge in [-0.2, -0.15) is 0 Å². The van der Waals surface area contributed by atoms with Gasteiger partial charge in [0.25, 0.3) is 5.91 Å². The molecule has 1 heterocycles. The molecule has 1 fully saturated rings. The van der Waals surface area contributed by atoms with Crippen LogP contribution in [0.5, 0.6) is 0 Å². The van der Waals surface area contributed by atoms with Crippen LogP contribution >= 0.6 is 0 Å². The number of hydrogen-bond acceptors (Lipinski definition) is 2. The summed E-state index contributed by atoms with van der Waals surface area (Å²) in [6, 6.07) is 6.37. The van der Waals surface area contributed by atoms with Gasteiger partial charge in [0.05, 0.1) is 5.56 Å². The summed E-state index contributed by atoms with van der Waals surface area (Å²) in [5.74, 6) is -7.98. The number of piperazine rings is 1. The molecule has 0 aliphatic carbocycles. The second-order valence-electron chi connectivity index (χ2n) is 6.35. The minimum Gasteiger partial charge on any atom is -0.368 e. The van der Waals surface area contributed by atoms with Crippen molar-refractivity contribution in [2.24, 2.45) is 0 Å². The van der Waals surface area contributed by atoms with Crippen molar-refractivity contribution in [3.63, 3.8) is 0 Å². The van der Waals surface area contributed by atoms with E-state index in [4.69, 9.17) is 0 Å². The van der Waals surface area contributed by atoms with E-state index in [1.807, 2.05) is 32.0 Å². The first-order valence-electron chi connectivity index (χ1n) is 8.24. The first-order chi connectivity index (χ1) is 12.3. The summed E-state index contributed by atoms with van der Waals surface area (Å²) >= 11 is 0. The number of hydrogen-bond donors (Lipinski definition) is 0. The lowest BCUT2D eigenvalue weighted by atomic mass is 10.1. The van der Waals surface area contributed by atoms with E-state index in [0.29, 0.717) is 19.2 Å². The maximum atomic E-state index is 13.8. The van der Waals surface area contributed by atoms with E-state index in [1.54, 1.807) is 0 Å². The number of halogens is 4. The molecule has 0 spiro atoms. The number of anilines is 1. The molecule has 2 aromatic carbocycles. The topological polar surface area (TPSA) is 23.6 Å². The molecule has 1 aliphatic heterocycles. The summed E-state index contributed by atoms with van der Waals surface area (Å²) < 4.78 is 53.6. The molecule has 0 atom stereocenters. The Morgan fingerprint density at radius 2 is 1.58 bits per heavy atom. The van der Waals surface area contributed by atoms with E-state index in [9.17, 15) is 22.4 Å². The maximum absolute atomic E-state index is 13.8. The van der Waals surface area contributed by atoms with Crippen LogP contribution < -0.4 is 4.90 Å². The molecule has 0 radical (unpaired) electrons. The molecule has 0 aromatic heterocycles. The van der Waals surface area contributed by atoms with Crippen molar-refractivity contribution in [1.29, 1.82) is 0 Å². The molecule has 3 rings (SSSR count). The van der Waals surface area contributed by atoms with Crippen molar-refractivity contribution >= 4 is 11.6 Å². The summed E-state index contributed by atoms with van der Waals surface area (Å²) in [5.41, 5.74) is 2.56. The highest BCUT2D eigenvalue weighted by Gasteiger charge is 2.28. The molecule has 26 heavy (non-hydrogen) atoms. The summed E-state index contributed by atoms with van der Waals surface area (Å²) in [7, 11) is 0. The Morgan fingerprint density at radius 1 is 0.923 bits per heavy atom. The van der Waals surface area contributed by atoms with Crippen LogP contribution in [0.4, 0.5) is 23.2 Å². The summed E-state index contributed by atoms with van der Waals surface area (Å²) in [4.78, 5) is 15.8. The average Bonchev–Trinajstić information content (AvgIpc) is 2.65. The molecule has 7 heteroatoms. The molecule has 3 nitrogen and oxygen atoms in total. The van der Waals surface area contributed by atoms with Crippen LogP contribution in [0.15, 0.2) is 24.3 Å². The van der Waals surface area contributed by atoms with E-state index in [1.165, 1.54) is 4.90 Å². The molecule has 0 unspecified atom stereocenters. The fraction of sp³-hybridized carbons (Fsp3) is 0.316. The molecule has 0 saturated carbocycles. The van der Waals surface area contributed by atoms with Crippen LogP contribution in [-0.4, -0.2) is 37.0 Å². The zero-order chi connectivity index (χ0) is 19.0. The van der Waals surface area contributed by atoms with Gasteiger partial charge in [-0.3, -0.25) is 4.79 Å². The molecule has 1 saturated heterocycles. The van der Waals surface area contributed by atoms with Crippen LogP contribution in [0.3, 0.4) is 0 Å². The lowest BCUT2D eigenvalue weighted by Crippen LogP contribution is -2.49.